The highest BCUT2D eigenvalue weighted by Gasteiger charge is 2.30. The summed E-state index contributed by atoms with van der Waals surface area (Å²) in [6.07, 6.45) is 0.765. The summed E-state index contributed by atoms with van der Waals surface area (Å²) in [6.45, 7) is 0.408. The minimum absolute atomic E-state index is 0.115. The SMILES string of the molecule is O=C1CC[C@@H](C(=O)N[C@@H](Cc2cccc(OCc3ccccc3)c2)C(=O)O)N1. The zero-order valence-electron chi connectivity index (χ0n) is 15.3. The van der Waals surface area contributed by atoms with Crippen molar-refractivity contribution in [2.75, 3.05) is 0 Å². The molecule has 0 unspecified atom stereocenters. The highest BCUT2D eigenvalue weighted by atomic mass is 16.5. The molecule has 7 heteroatoms. The third kappa shape index (κ3) is 5.33. The molecule has 0 aromatic heterocycles. The number of carbonyl (C=O) groups excluding carboxylic acids is 2. The van der Waals surface area contributed by atoms with Crippen molar-refractivity contribution < 1.29 is 24.2 Å². The smallest absolute Gasteiger partial charge is 0.326 e. The van der Waals surface area contributed by atoms with Gasteiger partial charge in [-0.1, -0.05) is 42.5 Å². The molecule has 2 amide bonds. The van der Waals surface area contributed by atoms with Crippen LogP contribution in [-0.2, 0) is 27.4 Å². The molecule has 0 radical (unpaired) electrons. The lowest BCUT2D eigenvalue weighted by Gasteiger charge is -2.18. The Labute approximate surface area is 162 Å². The van der Waals surface area contributed by atoms with Gasteiger partial charge in [-0.2, -0.15) is 0 Å². The van der Waals surface area contributed by atoms with E-state index < -0.39 is 24.0 Å². The van der Waals surface area contributed by atoms with Crippen molar-refractivity contribution in [3.63, 3.8) is 0 Å². The maximum absolute atomic E-state index is 12.2. The molecule has 7 nitrogen and oxygen atoms in total. The van der Waals surface area contributed by atoms with E-state index in [0.717, 1.165) is 11.1 Å². The molecule has 1 fully saturated rings. The van der Waals surface area contributed by atoms with E-state index in [0.29, 0.717) is 18.8 Å². The molecule has 0 bridgehead atoms. The van der Waals surface area contributed by atoms with E-state index in [9.17, 15) is 19.5 Å². The molecule has 1 heterocycles. The van der Waals surface area contributed by atoms with Gasteiger partial charge in [0.05, 0.1) is 0 Å². The Hall–Kier alpha value is -3.35. The summed E-state index contributed by atoms with van der Waals surface area (Å²) >= 11 is 0. The Morgan fingerprint density at radius 2 is 1.89 bits per heavy atom. The van der Waals surface area contributed by atoms with Crippen LogP contribution in [0.4, 0.5) is 0 Å². The molecule has 1 aliphatic rings. The largest absolute Gasteiger partial charge is 0.489 e. The monoisotopic (exact) mass is 382 g/mol. The number of benzene rings is 2. The molecule has 3 N–H and O–H groups in total. The van der Waals surface area contributed by atoms with Crippen molar-refractivity contribution in [1.82, 2.24) is 10.6 Å². The van der Waals surface area contributed by atoms with Crippen molar-refractivity contribution in [2.45, 2.75) is 38.0 Å². The predicted molar refractivity (Wildman–Crippen MR) is 102 cm³/mol. The fourth-order valence-corrected chi connectivity index (χ4v) is 3.02. The van der Waals surface area contributed by atoms with Gasteiger partial charge < -0.3 is 20.5 Å². The van der Waals surface area contributed by atoms with Crippen LogP contribution in [0, 0.1) is 0 Å². The number of amides is 2. The van der Waals surface area contributed by atoms with Crippen molar-refractivity contribution in [3.8, 4) is 5.75 Å². The van der Waals surface area contributed by atoms with Gasteiger partial charge in [0.15, 0.2) is 0 Å². The van der Waals surface area contributed by atoms with Gasteiger partial charge >= 0.3 is 5.97 Å². The van der Waals surface area contributed by atoms with Crippen LogP contribution in [-0.4, -0.2) is 35.0 Å². The molecular formula is C21H22N2O5. The van der Waals surface area contributed by atoms with Gasteiger partial charge in [0.2, 0.25) is 11.8 Å². The van der Waals surface area contributed by atoms with E-state index in [1.807, 2.05) is 30.3 Å². The van der Waals surface area contributed by atoms with Crippen molar-refractivity contribution >= 4 is 17.8 Å². The molecule has 0 saturated carbocycles. The standard InChI is InChI=1S/C21H22N2O5/c24-19-10-9-17(22-19)20(25)23-18(21(26)27)12-15-7-4-8-16(11-15)28-13-14-5-2-1-3-6-14/h1-8,11,17-18H,9-10,12-13H2,(H,22,24)(H,23,25)(H,26,27)/t17-,18-/m0/s1. The number of hydrogen-bond acceptors (Lipinski definition) is 4. The van der Waals surface area contributed by atoms with Crippen LogP contribution in [0.1, 0.15) is 24.0 Å². The normalized spacial score (nSPS) is 16.9. The first kappa shape index (κ1) is 19.4. The lowest BCUT2D eigenvalue weighted by atomic mass is 10.0. The Morgan fingerprint density at radius 3 is 2.57 bits per heavy atom. The van der Waals surface area contributed by atoms with Gasteiger partial charge in [0, 0.05) is 12.8 Å². The minimum Gasteiger partial charge on any atom is -0.489 e. The third-order valence-corrected chi connectivity index (χ3v) is 4.51. The summed E-state index contributed by atoms with van der Waals surface area (Å²) in [7, 11) is 0. The number of carbonyl (C=O) groups is 3. The van der Waals surface area contributed by atoms with Crippen LogP contribution in [0.2, 0.25) is 0 Å². The molecule has 1 aliphatic heterocycles. The zero-order chi connectivity index (χ0) is 19.9. The van der Waals surface area contributed by atoms with Crippen molar-refractivity contribution in [1.29, 1.82) is 0 Å². The molecule has 2 atom stereocenters. The molecule has 0 aliphatic carbocycles. The summed E-state index contributed by atoms with van der Waals surface area (Å²) in [5.74, 6) is -1.18. The average Bonchev–Trinajstić information content (AvgIpc) is 3.13. The molecule has 146 valence electrons. The van der Waals surface area contributed by atoms with Crippen molar-refractivity contribution in [2.24, 2.45) is 0 Å². The molecule has 2 aromatic rings. The van der Waals surface area contributed by atoms with Crippen LogP contribution < -0.4 is 15.4 Å². The summed E-state index contributed by atoms with van der Waals surface area (Å²) in [4.78, 5) is 35.0. The summed E-state index contributed by atoms with van der Waals surface area (Å²) in [5.41, 5.74) is 1.76. The number of carboxylic acid groups (broad SMARTS) is 1. The van der Waals surface area contributed by atoms with Gasteiger partial charge in [-0.3, -0.25) is 9.59 Å². The van der Waals surface area contributed by atoms with Crippen LogP contribution >= 0.6 is 0 Å². The van der Waals surface area contributed by atoms with Crippen LogP contribution in [0.5, 0.6) is 5.75 Å². The highest BCUT2D eigenvalue weighted by molar-refractivity contribution is 5.92. The predicted octanol–water partition coefficient (Wildman–Crippen LogP) is 1.66. The molecular weight excluding hydrogens is 360 g/mol. The van der Waals surface area contributed by atoms with Crippen LogP contribution in [0.3, 0.4) is 0 Å². The highest BCUT2D eigenvalue weighted by Crippen LogP contribution is 2.17. The first-order chi connectivity index (χ1) is 13.5. The van der Waals surface area contributed by atoms with Crippen LogP contribution in [0.25, 0.3) is 0 Å². The summed E-state index contributed by atoms with van der Waals surface area (Å²) in [5, 5.41) is 14.5. The average molecular weight is 382 g/mol. The maximum Gasteiger partial charge on any atom is 0.326 e. The Kier molecular flexibility index (Phi) is 6.26. The second-order valence-electron chi connectivity index (χ2n) is 6.68. The maximum atomic E-state index is 12.2. The minimum atomic E-state index is -1.13. The first-order valence-corrected chi connectivity index (χ1v) is 9.09. The van der Waals surface area contributed by atoms with Crippen molar-refractivity contribution in [3.05, 3.63) is 65.7 Å². The van der Waals surface area contributed by atoms with Gasteiger partial charge in [-0.25, -0.2) is 4.79 Å². The van der Waals surface area contributed by atoms with Gasteiger partial charge in [-0.05, 0) is 29.7 Å². The fourth-order valence-electron chi connectivity index (χ4n) is 3.02. The lowest BCUT2D eigenvalue weighted by Crippen LogP contribution is -2.49. The Balaban J connectivity index is 1.60. The molecule has 3 rings (SSSR count). The number of hydrogen-bond donors (Lipinski definition) is 3. The van der Waals surface area contributed by atoms with Gasteiger partial charge in [0.1, 0.15) is 24.4 Å². The number of nitrogens with one attached hydrogen (secondary N) is 2. The van der Waals surface area contributed by atoms with E-state index in [-0.39, 0.29) is 18.7 Å². The van der Waals surface area contributed by atoms with E-state index in [1.54, 1.807) is 24.3 Å². The van der Waals surface area contributed by atoms with Gasteiger partial charge in [-0.15, -0.1) is 0 Å². The van der Waals surface area contributed by atoms with E-state index in [4.69, 9.17) is 4.74 Å². The first-order valence-electron chi connectivity index (χ1n) is 9.09. The van der Waals surface area contributed by atoms with E-state index in [2.05, 4.69) is 10.6 Å². The summed E-state index contributed by atoms with van der Waals surface area (Å²) in [6, 6.07) is 15.1. The Morgan fingerprint density at radius 1 is 1.14 bits per heavy atom. The quantitative estimate of drug-likeness (QED) is 0.644. The molecule has 2 aromatic carbocycles. The summed E-state index contributed by atoms with van der Waals surface area (Å²) < 4.78 is 5.77. The Bertz CT molecular complexity index is 853. The van der Waals surface area contributed by atoms with E-state index in [1.165, 1.54) is 0 Å². The number of ether oxygens (including phenoxy) is 1. The van der Waals surface area contributed by atoms with E-state index >= 15 is 0 Å². The number of aliphatic carboxylic acids is 1. The fraction of sp³-hybridized carbons (Fsp3) is 0.286. The lowest BCUT2D eigenvalue weighted by molar-refractivity contribution is -0.142. The molecule has 28 heavy (non-hydrogen) atoms. The number of rotatable bonds is 8. The topological polar surface area (TPSA) is 105 Å². The zero-order valence-corrected chi connectivity index (χ0v) is 15.3. The molecule has 1 saturated heterocycles. The third-order valence-electron chi connectivity index (χ3n) is 4.51. The molecule has 0 spiro atoms. The number of carboxylic acids is 1. The second kappa shape index (κ2) is 9.03. The van der Waals surface area contributed by atoms with Crippen LogP contribution in [0.15, 0.2) is 54.6 Å². The van der Waals surface area contributed by atoms with Gasteiger partial charge in [0.25, 0.3) is 0 Å². The second-order valence-corrected chi connectivity index (χ2v) is 6.68.